The van der Waals surface area contributed by atoms with Crippen LogP contribution in [-0.4, -0.2) is 35.0 Å². The number of allylic oxidation sites excluding steroid dienone is 1. The van der Waals surface area contributed by atoms with Crippen LogP contribution in [0.25, 0.3) is 0 Å². The van der Waals surface area contributed by atoms with Crippen molar-refractivity contribution in [1.82, 2.24) is 0 Å². The summed E-state index contributed by atoms with van der Waals surface area (Å²) >= 11 is 0. The van der Waals surface area contributed by atoms with Crippen LogP contribution in [0, 0.1) is 28.6 Å². The van der Waals surface area contributed by atoms with Gasteiger partial charge in [-0.15, -0.1) is 0 Å². The molecule has 0 aromatic rings. The van der Waals surface area contributed by atoms with Gasteiger partial charge in [0.25, 0.3) is 0 Å². The van der Waals surface area contributed by atoms with Gasteiger partial charge < -0.3 is 14.9 Å². The SMILES string of the molecule is CC(=O)O[C@H]1CC[C@@]2(CO)C(=CC[C@@H]3[C@@H]2CC[C@]2(C)[C@@H](O)CC[C@@H]32)C1. The van der Waals surface area contributed by atoms with Crippen molar-refractivity contribution in [1.29, 1.82) is 0 Å². The number of fused-ring (bicyclic) bond motifs is 5. The molecule has 0 amide bonds. The first-order chi connectivity index (χ1) is 11.9. The van der Waals surface area contributed by atoms with Crippen LogP contribution in [0.5, 0.6) is 0 Å². The lowest BCUT2D eigenvalue weighted by Gasteiger charge is -2.58. The highest BCUT2D eigenvalue weighted by Crippen LogP contribution is 2.64. The second kappa shape index (κ2) is 6.09. The highest BCUT2D eigenvalue weighted by atomic mass is 16.5. The minimum atomic E-state index is -0.204. The number of carbonyl (C=O) groups excluding carboxylic acids is 1. The highest BCUT2D eigenvalue weighted by Gasteiger charge is 2.59. The summed E-state index contributed by atoms with van der Waals surface area (Å²) in [6.45, 7) is 3.97. The summed E-state index contributed by atoms with van der Waals surface area (Å²) in [6.07, 6.45) is 10.0. The number of aliphatic hydroxyl groups is 2. The van der Waals surface area contributed by atoms with Gasteiger partial charge in [0.05, 0.1) is 12.7 Å². The van der Waals surface area contributed by atoms with E-state index in [1.165, 1.54) is 12.5 Å². The zero-order chi connectivity index (χ0) is 17.8. The smallest absolute Gasteiger partial charge is 0.302 e. The minimum absolute atomic E-state index is 0.0258. The molecular weight excluding hydrogens is 316 g/mol. The molecule has 3 saturated carbocycles. The Morgan fingerprint density at radius 2 is 2.04 bits per heavy atom. The molecule has 4 rings (SSSR count). The Kier molecular flexibility index (Phi) is 4.27. The number of carbonyl (C=O) groups is 1. The van der Waals surface area contributed by atoms with E-state index in [1.807, 2.05) is 0 Å². The second-order valence-electron chi connectivity index (χ2n) is 9.27. The van der Waals surface area contributed by atoms with E-state index in [-0.39, 0.29) is 35.6 Å². The van der Waals surface area contributed by atoms with Crippen molar-refractivity contribution in [3.63, 3.8) is 0 Å². The van der Waals surface area contributed by atoms with Gasteiger partial charge in [-0.2, -0.15) is 0 Å². The maximum atomic E-state index is 11.3. The van der Waals surface area contributed by atoms with E-state index in [2.05, 4.69) is 13.0 Å². The fourth-order valence-corrected chi connectivity index (χ4v) is 7.03. The van der Waals surface area contributed by atoms with Crippen molar-refractivity contribution in [2.24, 2.45) is 28.6 Å². The maximum Gasteiger partial charge on any atom is 0.302 e. The van der Waals surface area contributed by atoms with Gasteiger partial charge in [0, 0.05) is 18.8 Å². The molecule has 0 unspecified atom stereocenters. The molecule has 4 aliphatic carbocycles. The van der Waals surface area contributed by atoms with Gasteiger partial charge in [0.15, 0.2) is 0 Å². The van der Waals surface area contributed by atoms with Crippen molar-refractivity contribution in [2.45, 2.75) is 77.4 Å². The van der Waals surface area contributed by atoms with Crippen LogP contribution in [0.2, 0.25) is 0 Å². The molecule has 0 aliphatic heterocycles. The summed E-state index contributed by atoms with van der Waals surface area (Å²) in [6, 6.07) is 0. The largest absolute Gasteiger partial charge is 0.462 e. The molecule has 0 aromatic heterocycles. The molecule has 0 spiro atoms. The van der Waals surface area contributed by atoms with Crippen molar-refractivity contribution in [3.05, 3.63) is 11.6 Å². The molecule has 4 nitrogen and oxygen atoms in total. The monoisotopic (exact) mass is 348 g/mol. The third kappa shape index (κ3) is 2.51. The second-order valence-corrected chi connectivity index (χ2v) is 9.27. The van der Waals surface area contributed by atoms with Crippen molar-refractivity contribution >= 4 is 5.97 Å². The molecule has 0 saturated heterocycles. The summed E-state index contributed by atoms with van der Waals surface area (Å²) in [5.74, 6) is 1.47. The zero-order valence-corrected chi connectivity index (χ0v) is 15.5. The topological polar surface area (TPSA) is 66.8 Å². The van der Waals surface area contributed by atoms with Gasteiger partial charge in [0.2, 0.25) is 0 Å². The van der Waals surface area contributed by atoms with Crippen LogP contribution >= 0.6 is 0 Å². The lowest BCUT2D eigenvalue weighted by molar-refractivity contribution is -0.149. The number of hydrogen-bond acceptors (Lipinski definition) is 4. The van der Waals surface area contributed by atoms with Crippen molar-refractivity contribution in [2.75, 3.05) is 6.61 Å². The first kappa shape index (κ1) is 17.5. The van der Waals surface area contributed by atoms with E-state index in [0.29, 0.717) is 17.8 Å². The van der Waals surface area contributed by atoms with E-state index in [0.717, 1.165) is 51.4 Å². The van der Waals surface area contributed by atoms with Crippen LogP contribution < -0.4 is 0 Å². The molecule has 0 bridgehead atoms. The van der Waals surface area contributed by atoms with Crippen LogP contribution in [-0.2, 0) is 9.53 Å². The molecule has 25 heavy (non-hydrogen) atoms. The standard InChI is InChI=1S/C21H32O4/c1-13(23)25-15-7-10-21(12-22)14(11-15)3-4-16-17-5-6-19(24)20(17,2)9-8-18(16)21/h3,15-19,22,24H,4-12H2,1-2H3/t15-,16-,17-,18-,19-,20-,21+/m0/s1. The average molecular weight is 348 g/mol. The molecule has 4 heteroatoms. The summed E-state index contributed by atoms with van der Waals surface area (Å²) in [5, 5.41) is 21.0. The molecule has 140 valence electrons. The molecule has 7 atom stereocenters. The van der Waals surface area contributed by atoms with Gasteiger partial charge in [0.1, 0.15) is 6.10 Å². The van der Waals surface area contributed by atoms with Gasteiger partial charge in [-0.25, -0.2) is 0 Å². The first-order valence-electron chi connectivity index (χ1n) is 10.1. The summed E-state index contributed by atoms with van der Waals surface area (Å²) in [7, 11) is 0. The predicted molar refractivity (Wildman–Crippen MR) is 94.7 cm³/mol. The van der Waals surface area contributed by atoms with Crippen molar-refractivity contribution in [3.8, 4) is 0 Å². The van der Waals surface area contributed by atoms with E-state index < -0.39 is 0 Å². The Morgan fingerprint density at radius 3 is 2.76 bits per heavy atom. The number of rotatable bonds is 2. The van der Waals surface area contributed by atoms with E-state index in [1.54, 1.807) is 0 Å². The van der Waals surface area contributed by atoms with Crippen molar-refractivity contribution < 1.29 is 19.7 Å². The molecule has 0 heterocycles. The van der Waals surface area contributed by atoms with Crippen LogP contribution in [0.4, 0.5) is 0 Å². The summed E-state index contributed by atoms with van der Waals surface area (Å²) < 4.78 is 5.47. The fraction of sp³-hybridized carbons (Fsp3) is 0.857. The minimum Gasteiger partial charge on any atom is -0.462 e. The third-order valence-corrected chi connectivity index (χ3v) is 8.35. The Bertz CT molecular complexity index is 584. The third-order valence-electron chi connectivity index (χ3n) is 8.35. The lowest BCUT2D eigenvalue weighted by atomic mass is 9.47. The Morgan fingerprint density at radius 1 is 1.24 bits per heavy atom. The van der Waals surface area contributed by atoms with Crippen LogP contribution in [0.15, 0.2) is 11.6 Å². The Labute approximate surface area is 150 Å². The number of esters is 1. The Balaban J connectivity index is 1.62. The highest BCUT2D eigenvalue weighted by molar-refractivity contribution is 5.66. The predicted octanol–water partition coefficient (Wildman–Crippen LogP) is 3.21. The summed E-state index contributed by atoms with van der Waals surface area (Å²) in [4.78, 5) is 11.3. The number of ether oxygens (including phenoxy) is 1. The molecule has 0 radical (unpaired) electrons. The first-order valence-corrected chi connectivity index (χ1v) is 10.1. The van der Waals surface area contributed by atoms with E-state index in [4.69, 9.17) is 4.74 Å². The molecular formula is C21H32O4. The van der Waals surface area contributed by atoms with Gasteiger partial charge in [-0.3, -0.25) is 4.79 Å². The Hall–Kier alpha value is -0.870. The summed E-state index contributed by atoms with van der Waals surface area (Å²) in [5.41, 5.74) is 1.28. The normalized spacial score (nSPS) is 48.8. The number of hydrogen-bond donors (Lipinski definition) is 2. The van der Waals surface area contributed by atoms with Gasteiger partial charge >= 0.3 is 5.97 Å². The van der Waals surface area contributed by atoms with Crippen LogP contribution in [0.3, 0.4) is 0 Å². The fourth-order valence-electron chi connectivity index (χ4n) is 7.03. The van der Waals surface area contributed by atoms with Gasteiger partial charge in [-0.05, 0) is 68.1 Å². The van der Waals surface area contributed by atoms with E-state index in [9.17, 15) is 15.0 Å². The molecule has 0 aromatic carbocycles. The average Bonchev–Trinajstić information content (AvgIpc) is 2.89. The molecule has 4 aliphatic rings. The zero-order valence-electron chi connectivity index (χ0n) is 15.5. The molecule has 2 N–H and O–H groups in total. The van der Waals surface area contributed by atoms with Crippen LogP contribution in [0.1, 0.15) is 65.2 Å². The molecule has 3 fully saturated rings. The van der Waals surface area contributed by atoms with Gasteiger partial charge in [-0.1, -0.05) is 18.6 Å². The number of aliphatic hydroxyl groups excluding tert-OH is 2. The maximum absolute atomic E-state index is 11.3. The lowest BCUT2D eigenvalue weighted by Crippen LogP contribution is -2.53. The van der Waals surface area contributed by atoms with E-state index >= 15 is 0 Å². The quantitative estimate of drug-likeness (QED) is 0.594.